The molecule has 0 atom stereocenters. The van der Waals surface area contributed by atoms with Crippen molar-refractivity contribution in [3.63, 3.8) is 0 Å². The second-order valence-electron chi connectivity index (χ2n) is 6.72. The number of benzene rings is 1. The van der Waals surface area contributed by atoms with E-state index in [9.17, 15) is 24.8 Å². The fraction of sp³-hybridized carbons (Fsp3) is 0.250. The lowest BCUT2D eigenvalue weighted by Gasteiger charge is -2.20. The van der Waals surface area contributed by atoms with Crippen LogP contribution in [0.4, 0.5) is 5.69 Å². The average molecular weight is 521 g/mol. The van der Waals surface area contributed by atoms with Gasteiger partial charge in [0.2, 0.25) is 0 Å². The van der Waals surface area contributed by atoms with E-state index >= 15 is 0 Å². The van der Waals surface area contributed by atoms with Crippen LogP contribution >= 0.6 is 35.7 Å². The summed E-state index contributed by atoms with van der Waals surface area (Å²) in [6.07, 6.45) is 3.97. The quantitative estimate of drug-likeness (QED) is 0.0473. The Morgan fingerprint density at radius 3 is 2.82 bits per heavy atom. The summed E-state index contributed by atoms with van der Waals surface area (Å²) in [6.45, 7) is -0.307. The van der Waals surface area contributed by atoms with E-state index in [0.717, 1.165) is 21.6 Å². The highest BCUT2D eigenvalue weighted by molar-refractivity contribution is 8.22. The van der Waals surface area contributed by atoms with Crippen LogP contribution < -0.4 is 4.74 Å². The molecule has 0 aromatic heterocycles. The van der Waals surface area contributed by atoms with Crippen LogP contribution in [0.1, 0.15) is 35.2 Å². The first-order valence-corrected chi connectivity index (χ1v) is 12.1. The molecule has 1 aliphatic carbocycles. The molecule has 11 nitrogen and oxygen atoms in total. The summed E-state index contributed by atoms with van der Waals surface area (Å²) in [4.78, 5) is 42.9. The Morgan fingerprint density at radius 1 is 1.38 bits per heavy atom. The number of thioether (sulfide) groups is 2. The van der Waals surface area contributed by atoms with Crippen LogP contribution in [0.5, 0.6) is 5.75 Å². The Balaban J connectivity index is 2.05. The highest BCUT2D eigenvalue weighted by Crippen LogP contribution is 2.45. The second kappa shape index (κ2) is 11.7. The number of carboxylic acid groups (broad SMARTS) is 1. The lowest BCUT2D eigenvalue weighted by molar-refractivity contribution is -0.757. The number of carbonyl (C=O) groups excluding carboxylic acids is 1. The third-order valence-electron chi connectivity index (χ3n) is 4.57. The van der Waals surface area contributed by atoms with Crippen molar-refractivity contribution < 1.29 is 29.4 Å². The van der Waals surface area contributed by atoms with E-state index in [1.54, 1.807) is 23.5 Å². The van der Waals surface area contributed by atoms with Crippen LogP contribution in [0.2, 0.25) is 0 Å². The molecule has 14 heteroatoms. The summed E-state index contributed by atoms with van der Waals surface area (Å²) in [5.74, 6) is -2.44. The normalized spacial score (nSPS) is 14.9. The Bertz CT molecular complexity index is 1200. The van der Waals surface area contributed by atoms with Crippen LogP contribution in [0.15, 0.2) is 45.3 Å². The number of carbonyl (C=O) groups is 2. The number of azide groups is 1. The lowest BCUT2D eigenvalue weighted by atomic mass is 9.90. The molecule has 0 saturated heterocycles. The fourth-order valence-electron chi connectivity index (χ4n) is 3.18. The lowest BCUT2D eigenvalue weighted by Crippen LogP contribution is -2.13. The molecule has 2 aliphatic rings. The van der Waals surface area contributed by atoms with E-state index in [2.05, 4.69) is 14.9 Å². The van der Waals surface area contributed by atoms with Gasteiger partial charge in [-0.2, -0.15) is 0 Å². The molecule has 1 aromatic rings. The topological polar surface area (TPSA) is 165 Å². The predicted octanol–water partition coefficient (Wildman–Crippen LogP) is 5.58. The fourth-order valence-corrected chi connectivity index (χ4v) is 5.74. The summed E-state index contributed by atoms with van der Waals surface area (Å²) in [5.41, 5.74) is 10.5. The number of thiocarbonyl (C=S) groups is 1. The van der Waals surface area contributed by atoms with Gasteiger partial charge in [0.15, 0.2) is 0 Å². The SMILES string of the molecule is [N-]=[N+]=Nc1cc(C(=O)O)c(OC(=O)CCCO[N+](=O)[O-])cc1C1=C(C2=CSCS2)C(=S)CC=C1. The van der Waals surface area contributed by atoms with E-state index in [1.165, 1.54) is 6.07 Å². The number of nitrogens with zero attached hydrogens (tertiary/aromatic N) is 4. The number of aromatic carboxylic acids is 1. The number of hydrogen-bond donors (Lipinski definition) is 1. The molecule has 176 valence electrons. The molecule has 0 bridgehead atoms. The van der Waals surface area contributed by atoms with Crippen molar-refractivity contribution in [3.8, 4) is 5.75 Å². The van der Waals surface area contributed by atoms with E-state index in [4.69, 9.17) is 22.5 Å². The minimum Gasteiger partial charge on any atom is -0.478 e. The minimum absolute atomic E-state index is 0.00123. The van der Waals surface area contributed by atoms with Gasteiger partial charge in [0.25, 0.3) is 5.09 Å². The van der Waals surface area contributed by atoms with Crippen LogP contribution in [0.3, 0.4) is 0 Å². The molecular weight excluding hydrogens is 504 g/mol. The molecule has 0 radical (unpaired) electrons. The van der Waals surface area contributed by atoms with Gasteiger partial charge >= 0.3 is 11.9 Å². The zero-order valence-electron chi connectivity index (χ0n) is 17.3. The third-order valence-corrected chi connectivity index (χ3v) is 7.14. The summed E-state index contributed by atoms with van der Waals surface area (Å²) in [7, 11) is 0. The number of ether oxygens (including phenoxy) is 1. The molecule has 1 N–H and O–H groups in total. The number of allylic oxidation sites excluding steroid dienone is 4. The van der Waals surface area contributed by atoms with E-state index in [-0.39, 0.29) is 36.4 Å². The van der Waals surface area contributed by atoms with Gasteiger partial charge in [-0.05, 0) is 40.6 Å². The molecule has 0 fully saturated rings. The minimum atomic E-state index is -1.39. The number of carboxylic acids is 1. The van der Waals surface area contributed by atoms with Crippen LogP contribution in [0.25, 0.3) is 16.0 Å². The van der Waals surface area contributed by atoms with Gasteiger partial charge in [-0.1, -0.05) is 29.5 Å². The van der Waals surface area contributed by atoms with Gasteiger partial charge in [0.1, 0.15) is 11.3 Å². The molecule has 0 unspecified atom stereocenters. The maximum absolute atomic E-state index is 12.3. The highest BCUT2D eigenvalue weighted by atomic mass is 32.2. The molecule has 0 saturated carbocycles. The molecular formula is C20H16N4O7S3. The summed E-state index contributed by atoms with van der Waals surface area (Å²) in [5, 5.41) is 25.3. The first-order chi connectivity index (χ1) is 16.3. The number of esters is 1. The highest BCUT2D eigenvalue weighted by Gasteiger charge is 2.25. The van der Waals surface area contributed by atoms with E-state index < -0.39 is 17.0 Å². The molecule has 3 rings (SSSR count). The van der Waals surface area contributed by atoms with Crippen LogP contribution in [0, 0.1) is 10.1 Å². The standard InChI is InChI=1S/C20H16N4O7S3/c21-23-22-14-7-13(20(26)27)15(31-18(25)5-2-6-30-24(28)29)8-12(14)11-3-1-4-16(32)19(11)17-9-33-10-34-17/h1,3,7-9H,2,4-6,10H2,(H,26,27). The van der Waals surface area contributed by atoms with Crippen molar-refractivity contribution >= 4 is 63.8 Å². The molecule has 1 aliphatic heterocycles. The van der Waals surface area contributed by atoms with Crippen molar-refractivity contribution in [1.29, 1.82) is 0 Å². The maximum Gasteiger partial charge on any atom is 0.339 e. The maximum atomic E-state index is 12.3. The van der Waals surface area contributed by atoms with Gasteiger partial charge in [-0.3, -0.25) is 4.79 Å². The van der Waals surface area contributed by atoms with Crippen molar-refractivity contribution in [3.05, 3.63) is 71.9 Å². The molecule has 0 amide bonds. The van der Waals surface area contributed by atoms with E-state index in [0.29, 0.717) is 22.4 Å². The zero-order valence-corrected chi connectivity index (χ0v) is 19.8. The summed E-state index contributed by atoms with van der Waals surface area (Å²) in [6, 6.07) is 2.47. The van der Waals surface area contributed by atoms with Crippen molar-refractivity contribution in [2.75, 3.05) is 11.7 Å². The Kier molecular flexibility index (Phi) is 8.71. The van der Waals surface area contributed by atoms with Crippen LogP contribution in [-0.4, -0.2) is 38.7 Å². The molecule has 1 heterocycles. The molecule has 34 heavy (non-hydrogen) atoms. The van der Waals surface area contributed by atoms with Crippen molar-refractivity contribution in [2.24, 2.45) is 5.11 Å². The van der Waals surface area contributed by atoms with Gasteiger partial charge < -0.3 is 14.7 Å². The van der Waals surface area contributed by atoms with Crippen molar-refractivity contribution in [1.82, 2.24) is 0 Å². The van der Waals surface area contributed by atoms with Crippen LogP contribution in [-0.2, 0) is 9.63 Å². The first-order valence-electron chi connectivity index (χ1n) is 9.65. The van der Waals surface area contributed by atoms with Crippen molar-refractivity contribution in [2.45, 2.75) is 19.3 Å². The summed E-state index contributed by atoms with van der Waals surface area (Å²) >= 11 is 8.81. The Labute approximate surface area is 206 Å². The molecule has 0 spiro atoms. The summed E-state index contributed by atoms with van der Waals surface area (Å²) < 4.78 is 5.28. The molecule has 1 aromatic carbocycles. The predicted molar refractivity (Wildman–Crippen MR) is 131 cm³/mol. The van der Waals surface area contributed by atoms with Gasteiger partial charge in [0, 0.05) is 43.9 Å². The van der Waals surface area contributed by atoms with Gasteiger partial charge in [-0.15, -0.1) is 33.6 Å². The second-order valence-corrected chi connectivity index (χ2v) is 9.46. The monoisotopic (exact) mass is 520 g/mol. The Morgan fingerprint density at radius 2 is 2.18 bits per heavy atom. The number of rotatable bonds is 10. The van der Waals surface area contributed by atoms with E-state index in [1.807, 2.05) is 17.6 Å². The zero-order chi connectivity index (χ0) is 24.7. The number of hydrogen-bond acceptors (Lipinski definition) is 10. The third kappa shape index (κ3) is 6.17. The average Bonchev–Trinajstić information content (AvgIpc) is 3.31. The first kappa shape index (κ1) is 25.3. The smallest absolute Gasteiger partial charge is 0.339 e. The largest absolute Gasteiger partial charge is 0.478 e. The Hall–Kier alpha value is -3.32. The van der Waals surface area contributed by atoms with Gasteiger partial charge in [-0.25, -0.2) is 4.79 Å². The van der Waals surface area contributed by atoms with Gasteiger partial charge in [0.05, 0.1) is 6.61 Å².